The lowest BCUT2D eigenvalue weighted by Gasteiger charge is -2.11. The molecule has 0 unspecified atom stereocenters. The number of benzene rings is 1. The molecule has 0 saturated carbocycles. The van der Waals surface area contributed by atoms with Crippen molar-refractivity contribution in [1.29, 1.82) is 0 Å². The summed E-state index contributed by atoms with van der Waals surface area (Å²) < 4.78 is 5.36. The van der Waals surface area contributed by atoms with Crippen molar-refractivity contribution < 1.29 is 4.74 Å². The molecule has 77 valence electrons. The molecule has 14 heavy (non-hydrogen) atoms. The van der Waals surface area contributed by atoms with Gasteiger partial charge in [-0.15, -0.1) is 0 Å². The van der Waals surface area contributed by atoms with Crippen molar-refractivity contribution >= 4 is 11.6 Å². The number of hydrogen-bond donors (Lipinski definition) is 0. The zero-order valence-electron chi connectivity index (χ0n) is 8.93. The van der Waals surface area contributed by atoms with Crippen molar-refractivity contribution in [2.75, 3.05) is 6.61 Å². The minimum Gasteiger partial charge on any atom is -0.492 e. The molecule has 1 aromatic rings. The Morgan fingerprint density at radius 3 is 2.57 bits per heavy atom. The van der Waals surface area contributed by atoms with Crippen molar-refractivity contribution in [2.24, 2.45) is 0 Å². The Kier molecular flexibility index (Phi) is 4.27. The molecule has 0 atom stereocenters. The Hall–Kier alpha value is -0.690. The Balaban J connectivity index is 2.88. The summed E-state index contributed by atoms with van der Waals surface area (Å²) in [6, 6.07) is 5.95. The van der Waals surface area contributed by atoms with E-state index in [9.17, 15) is 0 Å². The lowest BCUT2D eigenvalue weighted by molar-refractivity contribution is 0.340. The zero-order valence-corrected chi connectivity index (χ0v) is 9.69. The van der Waals surface area contributed by atoms with Crippen LogP contribution in [0.3, 0.4) is 0 Å². The van der Waals surface area contributed by atoms with E-state index in [0.29, 0.717) is 11.6 Å². The van der Waals surface area contributed by atoms with Gasteiger partial charge in [-0.05, 0) is 31.0 Å². The van der Waals surface area contributed by atoms with Crippen LogP contribution < -0.4 is 4.74 Å². The minimum atomic E-state index is 0.648. The van der Waals surface area contributed by atoms with E-state index >= 15 is 0 Å². The fraction of sp³-hybridized carbons (Fsp3) is 0.417. The molecule has 0 aliphatic rings. The molecule has 0 aromatic heterocycles. The van der Waals surface area contributed by atoms with E-state index in [1.54, 1.807) is 0 Å². The first-order valence-corrected chi connectivity index (χ1v) is 5.32. The average Bonchev–Trinajstić information content (AvgIpc) is 2.20. The van der Waals surface area contributed by atoms with Gasteiger partial charge >= 0.3 is 0 Å². The second-order valence-electron chi connectivity index (χ2n) is 3.21. The predicted octanol–water partition coefficient (Wildman–Crippen LogP) is 4.09. The summed E-state index contributed by atoms with van der Waals surface area (Å²) in [5.74, 6) is 2.11. The SMILES string of the molecule is CCOc1ccc([C](C)CC)cc1Cl. The van der Waals surface area contributed by atoms with Gasteiger partial charge in [0.05, 0.1) is 11.6 Å². The predicted molar refractivity (Wildman–Crippen MR) is 60.9 cm³/mol. The van der Waals surface area contributed by atoms with Crippen LogP contribution >= 0.6 is 11.6 Å². The average molecular weight is 212 g/mol. The van der Waals surface area contributed by atoms with Gasteiger partial charge in [-0.2, -0.15) is 0 Å². The van der Waals surface area contributed by atoms with E-state index in [4.69, 9.17) is 16.3 Å². The summed E-state index contributed by atoms with van der Waals surface area (Å²) in [5, 5.41) is 0.692. The van der Waals surface area contributed by atoms with Gasteiger partial charge in [-0.1, -0.05) is 31.5 Å². The summed E-state index contributed by atoms with van der Waals surface area (Å²) in [4.78, 5) is 0. The molecule has 0 saturated heterocycles. The van der Waals surface area contributed by atoms with E-state index < -0.39 is 0 Å². The first-order valence-electron chi connectivity index (χ1n) is 4.94. The van der Waals surface area contributed by atoms with Crippen LogP contribution in [0.5, 0.6) is 5.75 Å². The van der Waals surface area contributed by atoms with Gasteiger partial charge in [0.1, 0.15) is 5.75 Å². The van der Waals surface area contributed by atoms with E-state index in [0.717, 1.165) is 12.2 Å². The Morgan fingerprint density at radius 2 is 2.07 bits per heavy atom. The third-order valence-electron chi connectivity index (χ3n) is 2.25. The summed E-state index contributed by atoms with van der Waals surface area (Å²) in [7, 11) is 0. The summed E-state index contributed by atoms with van der Waals surface area (Å²) in [6.07, 6.45) is 1.05. The van der Waals surface area contributed by atoms with Crippen LogP contribution in [0.2, 0.25) is 5.02 Å². The zero-order chi connectivity index (χ0) is 10.6. The Labute approximate surface area is 91.0 Å². The summed E-state index contributed by atoms with van der Waals surface area (Å²) in [5.41, 5.74) is 1.20. The highest BCUT2D eigenvalue weighted by molar-refractivity contribution is 6.32. The van der Waals surface area contributed by atoms with Crippen molar-refractivity contribution in [3.8, 4) is 5.75 Å². The van der Waals surface area contributed by atoms with Crippen molar-refractivity contribution in [1.82, 2.24) is 0 Å². The molecule has 1 nitrogen and oxygen atoms in total. The van der Waals surface area contributed by atoms with Crippen LogP contribution in [-0.2, 0) is 0 Å². The summed E-state index contributed by atoms with van der Waals surface area (Å²) in [6.45, 7) is 6.86. The fourth-order valence-electron chi connectivity index (χ4n) is 1.24. The number of halogens is 1. The van der Waals surface area contributed by atoms with Crippen molar-refractivity contribution in [2.45, 2.75) is 27.2 Å². The third kappa shape index (κ3) is 2.65. The minimum absolute atomic E-state index is 0.648. The van der Waals surface area contributed by atoms with Gasteiger partial charge in [-0.3, -0.25) is 0 Å². The normalized spacial score (nSPS) is 10.6. The maximum absolute atomic E-state index is 6.07. The van der Waals surface area contributed by atoms with E-state index in [2.05, 4.69) is 19.9 Å². The molecular weight excluding hydrogens is 196 g/mol. The van der Waals surface area contributed by atoms with Crippen LogP contribution in [0.4, 0.5) is 0 Å². The number of ether oxygens (including phenoxy) is 1. The Morgan fingerprint density at radius 1 is 1.36 bits per heavy atom. The molecule has 1 aromatic carbocycles. The molecule has 0 heterocycles. The number of hydrogen-bond acceptors (Lipinski definition) is 1. The van der Waals surface area contributed by atoms with E-state index in [-0.39, 0.29) is 0 Å². The standard InChI is InChI=1S/C12H16ClO/c1-4-9(3)10-6-7-12(14-5-2)11(13)8-10/h6-8H,4-5H2,1-3H3. The third-order valence-corrected chi connectivity index (χ3v) is 2.55. The largest absolute Gasteiger partial charge is 0.492 e. The maximum atomic E-state index is 6.07. The van der Waals surface area contributed by atoms with Crippen molar-refractivity contribution in [3.63, 3.8) is 0 Å². The molecule has 1 radical (unpaired) electrons. The molecule has 0 amide bonds. The lowest BCUT2D eigenvalue weighted by atomic mass is 9.99. The fourth-order valence-corrected chi connectivity index (χ4v) is 1.48. The van der Waals surface area contributed by atoms with E-state index in [1.165, 1.54) is 11.5 Å². The highest BCUT2D eigenvalue weighted by Crippen LogP contribution is 2.29. The molecule has 0 aliphatic heterocycles. The van der Waals surface area contributed by atoms with Crippen LogP contribution in [0.15, 0.2) is 18.2 Å². The molecule has 0 bridgehead atoms. The molecular formula is C12H16ClO. The van der Waals surface area contributed by atoms with Crippen LogP contribution in [0.25, 0.3) is 0 Å². The number of rotatable bonds is 4. The second-order valence-corrected chi connectivity index (χ2v) is 3.62. The smallest absolute Gasteiger partial charge is 0.137 e. The van der Waals surface area contributed by atoms with Gasteiger partial charge in [-0.25, -0.2) is 0 Å². The van der Waals surface area contributed by atoms with Crippen molar-refractivity contribution in [3.05, 3.63) is 34.7 Å². The molecule has 0 spiro atoms. The van der Waals surface area contributed by atoms with Crippen LogP contribution in [0.1, 0.15) is 32.8 Å². The molecule has 0 N–H and O–H groups in total. The van der Waals surface area contributed by atoms with Gasteiger partial charge in [0.25, 0.3) is 0 Å². The van der Waals surface area contributed by atoms with Gasteiger partial charge in [0, 0.05) is 5.92 Å². The Bertz CT molecular complexity index is 296. The molecule has 1 rings (SSSR count). The second kappa shape index (κ2) is 5.26. The van der Waals surface area contributed by atoms with E-state index in [1.807, 2.05) is 19.1 Å². The van der Waals surface area contributed by atoms with Crippen LogP contribution in [0, 0.1) is 5.92 Å². The molecule has 0 fully saturated rings. The summed E-state index contributed by atoms with van der Waals surface area (Å²) >= 11 is 6.07. The van der Waals surface area contributed by atoms with Gasteiger partial charge in [0.2, 0.25) is 0 Å². The molecule has 2 heteroatoms. The highest BCUT2D eigenvalue weighted by atomic mass is 35.5. The molecule has 0 aliphatic carbocycles. The van der Waals surface area contributed by atoms with Crippen LogP contribution in [-0.4, -0.2) is 6.61 Å². The lowest BCUT2D eigenvalue weighted by Crippen LogP contribution is -1.95. The van der Waals surface area contributed by atoms with Gasteiger partial charge in [0.15, 0.2) is 0 Å². The highest BCUT2D eigenvalue weighted by Gasteiger charge is 2.07. The quantitative estimate of drug-likeness (QED) is 0.729. The first kappa shape index (κ1) is 11.4. The first-order chi connectivity index (χ1) is 6.69. The van der Waals surface area contributed by atoms with Gasteiger partial charge < -0.3 is 4.74 Å². The monoisotopic (exact) mass is 211 g/mol. The topological polar surface area (TPSA) is 9.23 Å². The maximum Gasteiger partial charge on any atom is 0.137 e.